The Morgan fingerprint density at radius 1 is 1.09 bits per heavy atom. The largest absolute Gasteiger partial charge is 0.388 e. The van der Waals surface area contributed by atoms with E-state index in [2.05, 4.69) is 16.8 Å². The van der Waals surface area contributed by atoms with E-state index < -0.39 is 0 Å². The number of nitrogens with one attached hydrogen (secondary N) is 1. The number of aliphatic hydroxyl groups is 1. The zero-order chi connectivity index (χ0) is 15.2. The van der Waals surface area contributed by atoms with E-state index in [1.54, 1.807) is 11.3 Å². The van der Waals surface area contributed by atoms with Gasteiger partial charge in [0.25, 0.3) is 0 Å². The van der Waals surface area contributed by atoms with Gasteiger partial charge < -0.3 is 10.4 Å². The summed E-state index contributed by atoms with van der Waals surface area (Å²) in [5.74, 6) is 0.738. The van der Waals surface area contributed by atoms with Gasteiger partial charge in [0, 0.05) is 6.54 Å². The van der Waals surface area contributed by atoms with E-state index in [-0.39, 0.29) is 6.10 Å². The van der Waals surface area contributed by atoms with Crippen LogP contribution in [0.2, 0.25) is 0 Å². The Balaban J connectivity index is 1.53. The van der Waals surface area contributed by atoms with Crippen molar-refractivity contribution in [3.63, 3.8) is 0 Å². The fraction of sp³-hybridized carbons (Fsp3) is 0.474. The molecule has 3 heteroatoms. The fourth-order valence-electron chi connectivity index (χ4n) is 3.36. The van der Waals surface area contributed by atoms with E-state index in [4.69, 9.17) is 0 Å². The normalized spacial score (nSPS) is 17.3. The highest BCUT2D eigenvalue weighted by Crippen LogP contribution is 2.39. The summed E-state index contributed by atoms with van der Waals surface area (Å²) in [5, 5.41) is 17.3. The maximum absolute atomic E-state index is 10.2. The van der Waals surface area contributed by atoms with E-state index in [9.17, 15) is 5.11 Å². The molecule has 22 heavy (non-hydrogen) atoms. The van der Waals surface area contributed by atoms with Crippen LogP contribution >= 0.6 is 11.3 Å². The number of hydrogen-bond acceptors (Lipinski definition) is 3. The summed E-state index contributed by atoms with van der Waals surface area (Å²) in [4.78, 5) is 0. The van der Waals surface area contributed by atoms with Gasteiger partial charge in [0.15, 0.2) is 0 Å². The molecule has 1 unspecified atom stereocenters. The van der Waals surface area contributed by atoms with E-state index >= 15 is 0 Å². The molecule has 0 spiro atoms. The van der Waals surface area contributed by atoms with Gasteiger partial charge in [0.2, 0.25) is 0 Å². The van der Waals surface area contributed by atoms with Gasteiger partial charge in [-0.05, 0) is 47.8 Å². The van der Waals surface area contributed by atoms with Crippen molar-refractivity contribution in [2.75, 3.05) is 11.9 Å². The minimum atomic E-state index is -0.383. The van der Waals surface area contributed by atoms with Crippen molar-refractivity contribution in [2.45, 2.75) is 50.5 Å². The smallest absolute Gasteiger partial charge is 0.0917 e. The molecule has 0 amide bonds. The molecule has 1 heterocycles. The molecule has 2 nitrogen and oxygen atoms in total. The number of anilines is 1. The van der Waals surface area contributed by atoms with Crippen LogP contribution in [-0.2, 0) is 0 Å². The fourth-order valence-corrected chi connectivity index (χ4v) is 4.27. The van der Waals surface area contributed by atoms with Gasteiger partial charge in [-0.1, -0.05) is 49.6 Å². The van der Waals surface area contributed by atoms with Crippen LogP contribution < -0.4 is 5.32 Å². The quantitative estimate of drug-likeness (QED) is 0.755. The van der Waals surface area contributed by atoms with Gasteiger partial charge in [-0.3, -0.25) is 0 Å². The highest BCUT2D eigenvalue weighted by Gasteiger charge is 2.19. The summed E-state index contributed by atoms with van der Waals surface area (Å²) in [7, 11) is 0. The molecule has 0 aliphatic heterocycles. The molecular formula is C19H25NOS. The number of benzene rings is 1. The molecule has 1 atom stereocenters. The molecule has 118 valence electrons. The number of hydrogen-bond donors (Lipinski definition) is 2. The van der Waals surface area contributed by atoms with Crippen LogP contribution in [-0.4, -0.2) is 11.7 Å². The molecule has 1 fully saturated rings. The molecule has 0 radical (unpaired) electrons. The number of rotatable bonds is 6. The van der Waals surface area contributed by atoms with Crippen molar-refractivity contribution in [3.8, 4) is 0 Å². The SMILES string of the molecule is OC(CCNc1sccc1C1CCCCC1)c1ccccc1. The van der Waals surface area contributed by atoms with E-state index in [1.807, 2.05) is 30.3 Å². The Kier molecular flexibility index (Phi) is 5.52. The first kappa shape index (κ1) is 15.6. The van der Waals surface area contributed by atoms with Crippen LogP contribution in [0, 0.1) is 0 Å². The van der Waals surface area contributed by atoms with Crippen LogP contribution in [0.4, 0.5) is 5.00 Å². The molecule has 1 aliphatic carbocycles. The van der Waals surface area contributed by atoms with Crippen molar-refractivity contribution in [1.29, 1.82) is 0 Å². The highest BCUT2D eigenvalue weighted by molar-refractivity contribution is 7.14. The summed E-state index contributed by atoms with van der Waals surface area (Å²) in [5.41, 5.74) is 2.50. The zero-order valence-corrected chi connectivity index (χ0v) is 13.8. The lowest BCUT2D eigenvalue weighted by molar-refractivity contribution is 0.171. The Morgan fingerprint density at radius 2 is 1.86 bits per heavy atom. The van der Waals surface area contributed by atoms with Crippen LogP contribution in [0.5, 0.6) is 0 Å². The average Bonchev–Trinajstić information content (AvgIpc) is 3.05. The van der Waals surface area contributed by atoms with Crippen molar-refractivity contribution >= 4 is 16.3 Å². The molecular weight excluding hydrogens is 290 g/mol. The predicted octanol–water partition coefficient (Wildman–Crippen LogP) is 5.33. The van der Waals surface area contributed by atoms with Crippen LogP contribution in [0.15, 0.2) is 41.8 Å². The molecule has 1 saturated carbocycles. The van der Waals surface area contributed by atoms with Crippen molar-refractivity contribution in [1.82, 2.24) is 0 Å². The number of aliphatic hydroxyl groups excluding tert-OH is 1. The lowest BCUT2D eigenvalue weighted by Gasteiger charge is -2.22. The molecule has 0 bridgehead atoms. The third kappa shape index (κ3) is 3.90. The molecule has 0 saturated heterocycles. The minimum Gasteiger partial charge on any atom is -0.388 e. The second kappa shape index (κ2) is 7.80. The Morgan fingerprint density at radius 3 is 2.64 bits per heavy atom. The molecule has 2 N–H and O–H groups in total. The molecule has 1 aromatic heterocycles. The highest BCUT2D eigenvalue weighted by atomic mass is 32.1. The Hall–Kier alpha value is -1.32. The van der Waals surface area contributed by atoms with Gasteiger partial charge in [0.1, 0.15) is 0 Å². The van der Waals surface area contributed by atoms with Crippen molar-refractivity contribution in [2.24, 2.45) is 0 Å². The van der Waals surface area contributed by atoms with Gasteiger partial charge in [-0.25, -0.2) is 0 Å². The van der Waals surface area contributed by atoms with Gasteiger partial charge in [0.05, 0.1) is 11.1 Å². The molecule has 1 aliphatic rings. The summed E-state index contributed by atoms with van der Waals surface area (Å²) < 4.78 is 0. The Labute approximate surface area is 137 Å². The zero-order valence-electron chi connectivity index (χ0n) is 13.0. The topological polar surface area (TPSA) is 32.3 Å². The minimum absolute atomic E-state index is 0.383. The van der Waals surface area contributed by atoms with Crippen LogP contribution in [0.1, 0.15) is 61.7 Å². The van der Waals surface area contributed by atoms with Crippen molar-refractivity contribution in [3.05, 3.63) is 52.9 Å². The molecule has 3 rings (SSSR count). The third-order valence-electron chi connectivity index (χ3n) is 4.63. The first-order valence-corrected chi connectivity index (χ1v) is 9.27. The lowest BCUT2D eigenvalue weighted by atomic mass is 9.85. The maximum Gasteiger partial charge on any atom is 0.0917 e. The van der Waals surface area contributed by atoms with E-state index in [1.165, 1.54) is 42.7 Å². The van der Waals surface area contributed by atoms with Crippen LogP contribution in [0.3, 0.4) is 0 Å². The van der Waals surface area contributed by atoms with E-state index in [0.29, 0.717) is 0 Å². The molecule has 1 aromatic carbocycles. The number of thiophene rings is 1. The van der Waals surface area contributed by atoms with Gasteiger partial charge in [-0.2, -0.15) is 0 Å². The summed E-state index contributed by atoms with van der Waals surface area (Å²) >= 11 is 1.80. The summed E-state index contributed by atoms with van der Waals surface area (Å²) in [6.07, 6.45) is 7.15. The maximum atomic E-state index is 10.2. The van der Waals surface area contributed by atoms with E-state index in [0.717, 1.165) is 24.4 Å². The average molecular weight is 315 g/mol. The summed E-state index contributed by atoms with van der Waals surface area (Å²) in [6, 6.07) is 12.2. The van der Waals surface area contributed by atoms with Crippen molar-refractivity contribution < 1.29 is 5.11 Å². The van der Waals surface area contributed by atoms with Gasteiger partial charge in [-0.15, -0.1) is 11.3 Å². The standard InChI is InChI=1S/C19H25NOS/c21-18(16-9-5-2-6-10-16)11-13-20-19-17(12-14-22-19)15-7-3-1-4-8-15/h2,5-6,9-10,12,14-15,18,20-21H,1,3-4,7-8,11,13H2. The first-order valence-electron chi connectivity index (χ1n) is 8.39. The van der Waals surface area contributed by atoms with Crippen LogP contribution in [0.25, 0.3) is 0 Å². The molecule has 2 aromatic rings. The Bertz CT molecular complexity index is 560. The van der Waals surface area contributed by atoms with Gasteiger partial charge >= 0.3 is 0 Å². The third-order valence-corrected chi connectivity index (χ3v) is 5.52. The second-order valence-corrected chi connectivity index (χ2v) is 7.10. The first-order chi connectivity index (χ1) is 10.8. The predicted molar refractivity (Wildman–Crippen MR) is 94.7 cm³/mol. The lowest BCUT2D eigenvalue weighted by Crippen LogP contribution is -2.10. The summed E-state index contributed by atoms with van der Waals surface area (Å²) in [6.45, 7) is 0.816. The second-order valence-electron chi connectivity index (χ2n) is 6.18. The monoisotopic (exact) mass is 315 g/mol.